The minimum Gasteiger partial charge on any atom is -0.280 e. The average molecular weight is 497 g/mol. The van der Waals surface area contributed by atoms with Crippen molar-refractivity contribution in [2.45, 2.75) is 55.0 Å². The Morgan fingerprint density at radius 1 is 0.970 bits per heavy atom. The number of anilines is 1. The summed E-state index contributed by atoms with van der Waals surface area (Å²) in [5.74, 6) is 0.857. The van der Waals surface area contributed by atoms with Crippen LogP contribution in [-0.4, -0.2) is 13.4 Å². The summed E-state index contributed by atoms with van der Waals surface area (Å²) in [6.45, 7) is 11.1. The molecule has 0 radical (unpaired) electrons. The number of aromatic nitrogens is 1. The predicted molar refractivity (Wildman–Crippen MR) is 141 cm³/mol. The van der Waals surface area contributed by atoms with E-state index in [2.05, 4.69) is 51.5 Å². The summed E-state index contributed by atoms with van der Waals surface area (Å²) >= 11 is 3.31. The molecule has 1 aromatic heterocycles. The summed E-state index contributed by atoms with van der Waals surface area (Å²) < 4.78 is 29.9. The van der Waals surface area contributed by atoms with Gasteiger partial charge in [0.1, 0.15) is 0 Å². The number of thiazole rings is 1. The van der Waals surface area contributed by atoms with Crippen molar-refractivity contribution < 1.29 is 8.42 Å². The molecule has 0 aliphatic rings. The Balaban J connectivity index is 1.52. The molecular formula is C26H28N2O2S3. The number of thioether (sulfide) groups is 1. The molecule has 0 aliphatic carbocycles. The van der Waals surface area contributed by atoms with Gasteiger partial charge in [0.05, 0.1) is 20.8 Å². The lowest BCUT2D eigenvalue weighted by Crippen LogP contribution is -2.12. The van der Waals surface area contributed by atoms with Crippen molar-refractivity contribution in [2.24, 2.45) is 0 Å². The summed E-state index contributed by atoms with van der Waals surface area (Å²) in [5.41, 5.74) is 6.88. The fourth-order valence-electron chi connectivity index (χ4n) is 3.63. The first kappa shape index (κ1) is 23.8. The third kappa shape index (κ3) is 5.42. The van der Waals surface area contributed by atoms with Gasteiger partial charge in [-0.15, -0.1) is 11.3 Å². The smallest absolute Gasteiger partial charge is 0.261 e. The molecule has 0 bridgehead atoms. The molecule has 4 rings (SSSR count). The van der Waals surface area contributed by atoms with Crippen LogP contribution >= 0.6 is 23.1 Å². The molecule has 0 saturated heterocycles. The first-order valence-electron chi connectivity index (χ1n) is 10.7. The van der Waals surface area contributed by atoms with Crippen molar-refractivity contribution in [3.05, 3.63) is 82.9 Å². The van der Waals surface area contributed by atoms with E-state index in [1.807, 2.05) is 12.1 Å². The normalized spacial score (nSPS) is 12.3. The van der Waals surface area contributed by atoms with Crippen LogP contribution in [0.1, 0.15) is 43.0 Å². The van der Waals surface area contributed by atoms with E-state index in [1.165, 1.54) is 22.3 Å². The third-order valence-corrected chi connectivity index (χ3v) is 9.16. The molecular weight excluding hydrogens is 468 g/mol. The Kier molecular flexibility index (Phi) is 6.58. The van der Waals surface area contributed by atoms with E-state index in [0.29, 0.717) is 5.69 Å². The highest BCUT2D eigenvalue weighted by molar-refractivity contribution is 8.00. The number of fused-ring (bicyclic) bond motifs is 1. The molecule has 1 heterocycles. The second-order valence-electron chi connectivity index (χ2n) is 9.21. The molecule has 172 valence electrons. The Hall–Kier alpha value is -2.35. The first-order chi connectivity index (χ1) is 15.5. The highest BCUT2D eigenvalue weighted by Gasteiger charge is 2.17. The van der Waals surface area contributed by atoms with Crippen molar-refractivity contribution in [1.82, 2.24) is 4.98 Å². The number of sulfonamides is 1. The van der Waals surface area contributed by atoms with Crippen molar-refractivity contribution in [1.29, 1.82) is 0 Å². The van der Waals surface area contributed by atoms with Gasteiger partial charge in [0.2, 0.25) is 0 Å². The van der Waals surface area contributed by atoms with Gasteiger partial charge in [-0.05, 0) is 71.8 Å². The highest BCUT2D eigenvalue weighted by Crippen LogP contribution is 2.35. The zero-order valence-corrected chi connectivity index (χ0v) is 21.9. The molecule has 0 fully saturated rings. The summed E-state index contributed by atoms with van der Waals surface area (Å²) in [6, 6.07) is 18.5. The minimum atomic E-state index is -3.62. The van der Waals surface area contributed by atoms with Crippen LogP contribution < -0.4 is 4.72 Å². The van der Waals surface area contributed by atoms with Crippen LogP contribution in [0.3, 0.4) is 0 Å². The van der Waals surface area contributed by atoms with Gasteiger partial charge < -0.3 is 0 Å². The zero-order chi connectivity index (χ0) is 23.8. The van der Waals surface area contributed by atoms with Crippen molar-refractivity contribution in [2.75, 3.05) is 4.72 Å². The van der Waals surface area contributed by atoms with E-state index >= 15 is 0 Å². The molecule has 0 amide bonds. The van der Waals surface area contributed by atoms with E-state index < -0.39 is 10.0 Å². The van der Waals surface area contributed by atoms with Crippen LogP contribution in [0, 0.1) is 13.8 Å². The fraction of sp³-hybridized carbons (Fsp3) is 0.269. The van der Waals surface area contributed by atoms with Crippen LogP contribution in [0.15, 0.2) is 69.9 Å². The molecule has 0 aliphatic heterocycles. The summed E-state index contributed by atoms with van der Waals surface area (Å²) in [5, 5.41) is 0. The Labute approximate surface area is 204 Å². The molecule has 33 heavy (non-hydrogen) atoms. The quantitative estimate of drug-likeness (QED) is 0.284. The van der Waals surface area contributed by atoms with E-state index in [0.717, 1.165) is 20.3 Å². The number of nitrogens with one attached hydrogen (secondary N) is 1. The first-order valence-corrected chi connectivity index (χ1v) is 14.0. The lowest BCUT2D eigenvalue weighted by atomic mass is 9.84. The molecule has 7 heteroatoms. The van der Waals surface area contributed by atoms with E-state index in [4.69, 9.17) is 4.98 Å². The Bertz CT molecular complexity index is 1380. The molecule has 4 aromatic rings. The topological polar surface area (TPSA) is 59.1 Å². The van der Waals surface area contributed by atoms with Crippen LogP contribution in [-0.2, 0) is 21.2 Å². The third-order valence-electron chi connectivity index (χ3n) is 5.58. The maximum atomic E-state index is 12.6. The molecule has 0 spiro atoms. The molecule has 0 atom stereocenters. The van der Waals surface area contributed by atoms with Crippen LogP contribution in [0.2, 0.25) is 0 Å². The Morgan fingerprint density at radius 3 is 2.27 bits per heavy atom. The van der Waals surface area contributed by atoms with Gasteiger partial charge in [-0.2, -0.15) is 0 Å². The van der Waals surface area contributed by atoms with E-state index in [1.54, 1.807) is 59.5 Å². The van der Waals surface area contributed by atoms with Crippen LogP contribution in [0.4, 0.5) is 5.69 Å². The van der Waals surface area contributed by atoms with Gasteiger partial charge in [0.15, 0.2) is 4.34 Å². The molecule has 0 unspecified atom stereocenters. The molecule has 0 saturated carbocycles. The second-order valence-corrected chi connectivity index (χ2v) is 13.1. The SMILES string of the molecule is Cc1cc(C(C)(C)C)cc(C)c1CSc1nc2ccc(NS(=O)(=O)c3ccccc3)cc2s1. The summed E-state index contributed by atoms with van der Waals surface area (Å²) in [6.07, 6.45) is 0. The fourth-order valence-corrected chi connectivity index (χ4v) is 7.01. The largest absolute Gasteiger partial charge is 0.280 e. The molecule has 1 N–H and O–H groups in total. The molecule has 4 nitrogen and oxygen atoms in total. The van der Waals surface area contributed by atoms with Gasteiger partial charge in [-0.1, -0.05) is 62.9 Å². The zero-order valence-electron chi connectivity index (χ0n) is 19.5. The number of hydrogen-bond acceptors (Lipinski definition) is 5. The van der Waals surface area contributed by atoms with Gasteiger partial charge in [-0.25, -0.2) is 13.4 Å². The number of benzene rings is 3. The monoisotopic (exact) mass is 496 g/mol. The van der Waals surface area contributed by atoms with Crippen molar-refractivity contribution in [3.63, 3.8) is 0 Å². The number of rotatable bonds is 6. The Morgan fingerprint density at radius 2 is 1.64 bits per heavy atom. The van der Waals surface area contributed by atoms with Crippen molar-refractivity contribution in [3.8, 4) is 0 Å². The summed E-state index contributed by atoms with van der Waals surface area (Å²) in [7, 11) is -3.62. The maximum Gasteiger partial charge on any atom is 0.261 e. The number of aryl methyl sites for hydroxylation is 2. The van der Waals surface area contributed by atoms with Gasteiger partial charge in [0, 0.05) is 5.75 Å². The lowest BCUT2D eigenvalue weighted by molar-refractivity contribution is 0.589. The van der Waals surface area contributed by atoms with Crippen LogP contribution in [0.5, 0.6) is 0 Å². The molecule has 3 aromatic carbocycles. The standard InChI is InChI=1S/C26H28N2O2S3/c1-17-13-19(26(3,4)5)14-18(2)22(17)16-31-25-27-23-12-11-20(15-24(23)32-25)28-33(29,30)21-9-7-6-8-10-21/h6-15,28H,16H2,1-5H3. The predicted octanol–water partition coefficient (Wildman–Crippen LogP) is 7.30. The lowest BCUT2D eigenvalue weighted by Gasteiger charge is -2.22. The highest BCUT2D eigenvalue weighted by atomic mass is 32.2. The maximum absolute atomic E-state index is 12.6. The van der Waals surface area contributed by atoms with Gasteiger partial charge >= 0.3 is 0 Å². The van der Waals surface area contributed by atoms with Crippen molar-refractivity contribution >= 4 is 49.0 Å². The van der Waals surface area contributed by atoms with E-state index in [-0.39, 0.29) is 10.3 Å². The number of hydrogen-bond donors (Lipinski definition) is 1. The van der Waals surface area contributed by atoms with Crippen LogP contribution in [0.25, 0.3) is 10.2 Å². The number of nitrogens with zero attached hydrogens (tertiary/aromatic N) is 1. The summed E-state index contributed by atoms with van der Waals surface area (Å²) in [4.78, 5) is 4.99. The van der Waals surface area contributed by atoms with Gasteiger partial charge in [0.25, 0.3) is 10.0 Å². The van der Waals surface area contributed by atoms with E-state index in [9.17, 15) is 8.42 Å². The van der Waals surface area contributed by atoms with Gasteiger partial charge in [-0.3, -0.25) is 4.72 Å². The second kappa shape index (κ2) is 9.12. The average Bonchev–Trinajstić information content (AvgIpc) is 3.15. The minimum absolute atomic E-state index is 0.133.